The molecule has 0 fully saturated rings. The summed E-state index contributed by atoms with van der Waals surface area (Å²) in [4.78, 5) is 9.51. The lowest BCUT2D eigenvalue weighted by molar-refractivity contribution is 0.296. The zero-order valence-corrected chi connectivity index (χ0v) is 21.1. The largest absolute Gasteiger partial charge is 0.497 e. The molecule has 1 aliphatic rings. The molecule has 0 bridgehead atoms. The molecule has 0 unspecified atom stereocenters. The Kier molecular flexibility index (Phi) is 5.37. The van der Waals surface area contributed by atoms with E-state index in [0.29, 0.717) is 28.1 Å². The maximum atomic E-state index is 6.38. The first-order chi connectivity index (χ1) is 18.7. The molecule has 0 saturated carbocycles. The van der Waals surface area contributed by atoms with Crippen molar-refractivity contribution >= 4 is 28.0 Å². The summed E-state index contributed by atoms with van der Waals surface area (Å²) in [7, 11) is 1.67. The van der Waals surface area contributed by atoms with Gasteiger partial charge in [0, 0.05) is 16.5 Å². The molecule has 0 spiro atoms. The van der Waals surface area contributed by atoms with Gasteiger partial charge in [-0.05, 0) is 58.8 Å². The van der Waals surface area contributed by atoms with E-state index < -0.39 is 0 Å². The molecule has 4 aromatic carbocycles. The monoisotopic (exact) mass is 520 g/mol. The number of aromatic nitrogens is 4. The summed E-state index contributed by atoms with van der Waals surface area (Å²) in [5, 5.41) is 7.54. The molecule has 6 aromatic rings. The van der Waals surface area contributed by atoms with Crippen molar-refractivity contribution in [1.29, 1.82) is 0 Å². The van der Waals surface area contributed by atoms with Gasteiger partial charge in [-0.3, -0.25) is 0 Å². The minimum absolute atomic E-state index is 0.184. The molecule has 186 valence electrons. The van der Waals surface area contributed by atoms with Crippen molar-refractivity contribution in [2.45, 2.75) is 12.5 Å². The lowest BCUT2D eigenvalue weighted by Crippen LogP contribution is -2.15. The number of hydrogen-bond acceptors (Lipinski definition) is 6. The average molecular weight is 521 g/mol. The summed E-state index contributed by atoms with van der Waals surface area (Å²) < 4.78 is 19.4. The third-order valence-corrected chi connectivity index (χ3v) is 7.03. The molecule has 7 nitrogen and oxygen atoms in total. The molecule has 3 heterocycles. The van der Waals surface area contributed by atoms with Gasteiger partial charge in [-0.2, -0.15) is 0 Å². The quantitative estimate of drug-likeness (QED) is 0.248. The van der Waals surface area contributed by atoms with Crippen LogP contribution in [0.25, 0.3) is 16.4 Å². The normalized spacial score (nSPS) is 14.1. The van der Waals surface area contributed by atoms with Crippen molar-refractivity contribution in [3.05, 3.63) is 119 Å². The van der Waals surface area contributed by atoms with Crippen LogP contribution in [-0.2, 0) is 6.61 Å². The van der Waals surface area contributed by atoms with Gasteiger partial charge in [0.1, 0.15) is 30.2 Å². The molecule has 0 aliphatic carbocycles. The van der Waals surface area contributed by atoms with Crippen LogP contribution in [0.2, 0.25) is 5.02 Å². The van der Waals surface area contributed by atoms with Crippen molar-refractivity contribution < 1.29 is 14.2 Å². The van der Waals surface area contributed by atoms with Crippen LogP contribution in [0.15, 0.2) is 91.3 Å². The van der Waals surface area contributed by atoms with Gasteiger partial charge in [-0.15, -0.1) is 5.10 Å². The Hall–Kier alpha value is -4.62. The summed E-state index contributed by atoms with van der Waals surface area (Å²) in [6.45, 7) is 0.200. The number of halogens is 1. The van der Waals surface area contributed by atoms with Gasteiger partial charge in [-0.25, -0.2) is 14.5 Å². The second-order valence-electron chi connectivity index (χ2n) is 9.01. The third-order valence-electron chi connectivity index (χ3n) is 6.78. The highest BCUT2D eigenvalue weighted by Gasteiger charge is 2.34. The second kappa shape index (κ2) is 9.04. The second-order valence-corrected chi connectivity index (χ2v) is 9.45. The summed E-state index contributed by atoms with van der Waals surface area (Å²) in [6.07, 6.45) is 1.63. The number of hydrogen-bond donors (Lipinski definition) is 0. The molecule has 8 heteroatoms. The van der Waals surface area contributed by atoms with Crippen molar-refractivity contribution in [3.63, 3.8) is 0 Å². The SMILES string of the molecule is COc1ccc([C@@H]2c3c(ccc4ccccc34)Oc3ncn4nc(COc5ccc(Cl)cc5)nc4c32)cc1. The van der Waals surface area contributed by atoms with Crippen LogP contribution in [0.5, 0.6) is 23.1 Å². The predicted octanol–water partition coefficient (Wildman–Crippen LogP) is 6.80. The number of benzene rings is 4. The van der Waals surface area contributed by atoms with Gasteiger partial charge >= 0.3 is 0 Å². The van der Waals surface area contributed by atoms with E-state index in [1.165, 1.54) is 0 Å². The van der Waals surface area contributed by atoms with Crippen LogP contribution >= 0.6 is 11.6 Å². The topological polar surface area (TPSA) is 70.8 Å². The van der Waals surface area contributed by atoms with E-state index in [4.69, 9.17) is 30.8 Å². The highest BCUT2D eigenvalue weighted by atomic mass is 35.5. The zero-order valence-electron chi connectivity index (χ0n) is 20.3. The summed E-state index contributed by atoms with van der Waals surface area (Å²) in [5.41, 5.74) is 3.67. The van der Waals surface area contributed by atoms with Crippen LogP contribution in [0.3, 0.4) is 0 Å². The minimum atomic E-state index is -0.184. The maximum absolute atomic E-state index is 6.38. The number of fused-ring (bicyclic) bond motifs is 6. The Labute approximate surface area is 223 Å². The Bertz CT molecular complexity index is 1800. The molecule has 2 aromatic heterocycles. The van der Waals surface area contributed by atoms with Gasteiger partial charge in [-0.1, -0.05) is 54.1 Å². The zero-order chi connectivity index (χ0) is 25.6. The molecule has 0 N–H and O–H groups in total. The number of methoxy groups -OCH3 is 1. The molecule has 0 radical (unpaired) electrons. The van der Waals surface area contributed by atoms with E-state index in [-0.39, 0.29) is 12.5 Å². The number of nitrogens with zero attached hydrogens (tertiary/aromatic N) is 4. The maximum Gasteiger partial charge on any atom is 0.228 e. The van der Waals surface area contributed by atoms with Gasteiger partial charge in [0.15, 0.2) is 11.5 Å². The standard InChI is InChI=1S/C30H21ClN4O3/c1-36-21-11-6-19(7-12-21)26-27-23-5-3-2-4-18(23)8-15-24(27)38-30-28(26)29-33-25(34-35(29)17-32-30)16-37-22-13-9-20(31)10-14-22/h2-15,17,26H,16H2,1H3/t26-/m1/s1. The van der Waals surface area contributed by atoms with E-state index in [0.717, 1.165) is 39.0 Å². The third kappa shape index (κ3) is 3.79. The van der Waals surface area contributed by atoms with Crippen molar-refractivity contribution in [3.8, 4) is 23.1 Å². The molecule has 7 rings (SSSR count). The first kappa shape index (κ1) is 22.6. The van der Waals surface area contributed by atoms with Gasteiger partial charge in [0.25, 0.3) is 0 Å². The fraction of sp³-hybridized carbons (Fsp3) is 0.100. The molecule has 1 atom stereocenters. The van der Waals surface area contributed by atoms with Crippen molar-refractivity contribution in [2.24, 2.45) is 0 Å². The van der Waals surface area contributed by atoms with Crippen LogP contribution in [-0.4, -0.2) is 26.7 Å². The molecular formula is C30H21ClN4O3. The molecule has 1 aliphatic heterocycles. The van der Waals surface area contributed by atoms with Gasteiger partial charge < -0.3 is 14.2 Å². The first-order valence-corrected chi connectivity index (χ1v) is 12.5. The van der Waals surface area contributed by atoms with E-state index in [2.05, 4.69) is 40.4 Å². The van der Waals surface area contributed by atoms with E-state index >= 15 is 0 Å². The molecule has 0 saturated heterocycles. The average Bonchev–Trinajstić information content (AvgIpc) is 3.39. The highest BCUT2D eigenvalue weighted by molar-refractivity contribution is 6.30. The first-order valence-electron chi connectivity index (χ1n) is 12.1. The Morgan fingerprint density at radius 2 is 1.68 bits per heavy atom. The van der Waals surface area contributed by atoms with E-state index in [9.17, 15) is 0 Å². The minimum Gasteiger partial charge on any atom is -0.497 e. The molecular weight excluding hydrogens is 500 g/mol. The number of ether oxygens (including phenoxy) is 3. The number of rotatable bonds is 5. The summed E-state index contributed by atoms with van der Waals surface area (Å²) >= 11 is 5.99. The van der Waals surface area contributed by atoms with Crippen LogP contribution in [0.4, 0.5) is 0 Å². The van der Waals surface area contributed by atoms with Gasteiger partial charge in [0.05, 0.1) is 12.7 Å². The highest BCUT2D eigenvalue weighted by Crippen LogP contribution is 2.50. The van der Waals surface area contributed by atoms with Crippen LogP contribution in [0.1, 0.15) is 28.4 Å². The lowest BCUT2D eigenvalue weighted by atomic mass is 9.81. The lowest BCUT2D eigenvalue weighted by Gasteiger charge is -2.29. The summed E-state index contributed by atoms with van der Waals surface area (Å²) in [5.74, 6) is 3.12. The van der Waals surface area contributed by atoms with Crippen LogP contribution < -0.4 is 14.2 Å². The van der Waals surface area contributed by atoms with E-state index in [1.807, 2.05) is 42.5 Å². The fourth-order valence-electron chi connectivity index (χ4n) is 5.02. The van der Waals surface area contributed by atoms with Crippen LogP contribution in [0, 0.1) is 0 Å². The van der Waals surface area contributed by atoms with Crippen molar-refractivity contribution in [2.75, 3.05) is 7.11 Å². The fourth-order valence-corrected chi connectivity index (χ4v) is 5.14. The summed E-state index contributed by atoms with van der Waals surface area (Å²) in [6, 6.07) is 27.7. The smallest absolute Gasteiger partial charge is 0.228 e. The molecule has 38 heavy (non-hydrogen) atoms. The Morgan fingerprint density at radius 1 is 0.895 bits per heavy atom. The van der Waals surface area contributed by atoms with Crippen molar-refractivity contribution in [1.82, 2.24) is 19.6 Å². The predicted molar refractivity (Wildman–Crippen MR) is 145 cm³/mol. The van der Waals surface area contributed by atoms with E-state index in [1.54, 1.807) is 30.1 Å². The Morgan fingerprint density at radius 3 is 2.50 bits per heavy atom. The molecule has 0 amide bonds. The Balaban J connectivity index is 1.39. The van der Waals surface area contributed by atoms with Gasteiger partial charge in [0.2, 0.25) is 5.88 Å².